The highest BCUT2D eigenvalue weighted by Gasteiger charge is 2.44. The average Bonchev–Trinajstić information content (AvgIpc) is 2.58. The van der Waals surface area contributed by atoms with E-state index in [4.69, 9.17) is 10.8 Å². The molecule has 0 spiro atoms. The SMILES string of the molecule is CCC(CCc1c(C(F)(F)F)cc(C(F)(F)F)cc1C(F)(F)F)CC(CN)C(=O)O. The molecule has 172 valence electrons. The molecule has 2 unspecified atom stereocenters. The fourth-order valence-electron chi connectivity index (χ4n) is 3.15. The monoisotopic (exact) mass is 453 g/mol. The van der Waals surface area contributed by atoms with Gasteiger partial charge < -0.3 is 10.8 Å². The Morgan fingerprint density at radius 3 is 1.73 bits per heavy atom. The molecular weight excluding hydrogens is 433 g/mol. The summed E-state index contributed by atoms with van der Waals surface area (Å²) in [6.07, 6.45) is -17.2. The van der Waals surface area contributed by atoms with Crippen LogP contribution in [-0.2, 0) is 29.7 Å². The van der Waals surface area contributed by atoms with Crippen LogP contribution in [0.3, 0.4) is 0 Å². The largest absolute Gasteiger partial charge is 0.481 e. The minimum atomic E-state index is -5.45. The Morgan fingerprint density at radius 2 is 1.43 bits per heavy atom. The molecule has 12 heteroatoms. The molecule has 0 saturated carbocycles. The second-order valence-electron chi connectivity index (χ2n) is 6.86. The van der Waals surface area contributed by atoms with Gasteiger partial charge >= 0.3 is 24.5 Å². The van der Waals surface area contributed by atoms with Gasteiger partial charge in [-0.3, -0.25) is 4.79 Å². The highest BCUT2D eigenvalue weighted by Crippen LogP contribution is 2.44. The first kappa shape index (κ1) is 26.1. The molecule has 0 heterocycles. The van der Waals surface area contributed by atoms with Gasteiger partial charge in [-0.25, -0.2) is 0 Å². The van der Waals surface area contributed by atoms with Crippen LogP contribution in [0.15, 0.2) is 12.1 Å². The summed E-state index contributed by atoms with van der Waals surface area (Å²) in [5.41, 5.74) is -2.03. The fourth-order valence-corrected chi connectivity index (χ4v) is 3.15. The first-order valence-corrected chi connectivity index (χ1v) is 8.83. The predicted octanol–water partition coefficient (Wildman–Crippen LogP) is 5.75. The summed E-state index contributed by atoms with van der Waals surface area (Å²) in [7, 11) is 0. The maximum Gasteiger partial charge on any atom is 0.416 e. The van der Waals surface area contributed by atoms with Crippen molar-refractivity contribution in [2.75, 3.05) is 6.54 Å². The Labute approximate surface area is 166 Å². The maximum atomic E-state index is 13.3. The normalized spacial score (nSPS) is 15.2. The molecule has 0 aliphatic carbocycles. The summed E-state index contributed by atoms with van der Waals surface area (Å²) in [5.74, 6) is -2.87. The maximum absolute atomic E-state index is 13.3. The number of halogens is 9. The van der Waals surface area contributed by atoms with Crippen LogP contribution in [-0.4, -0.2) is 17.6 Å². The third-order valence-electron chi connectivity index (χ3n) is 4.82. The Bertz CT molecular complexity index is 704. The van der Waals surface area contributed by atoms with Crippen molar-refractivity contribution < 1.29 is 49.4 Å². The van der Waals surface area contributed by atoms with E-state index in [0.29, 0.717) is 0 Å². The second-order valence-corrected chi connectivity index (χ2v) is 6.86. The van der Waals surface area contributed by atoms with Crippen LogP contribution in [0.1, 0.15) is 48.4 Å². The zero-order valence-electron chi connectivity index (χ0n) is 15.7. The van der Waals surface area contributed by atoms with E-state index in [1.807, 2.05) is 0 Å². The van der Waals surface area contributed by atoms with Crippen molar-refractivity contribution in [3.8, 4) is 0 Å². The van der Waals surface area contributed by atoms with E-state index in [9.17, 15) is 44.3 Å². The van der Waals surface area contributed by atoms with Gasteiger partial charge in [0.15, 0.2) is 0 Å². The van der Waals surface area contributed by atoms with Gasteiger partial charge in [0.05, 0.1) is 22.6 Å². The van der Waals surface area contributed by atoms with E-state index < -0.39 is 65.0 Å². The first-order valence-electron chi connectivity index (χ1n) is 8.83. The summed E-state index contributed by atoms with van der Waals surface area (Å²) in [5, 5.41) is 9.03. The molecule has 0 aliphatic heterocycles. The van der Waals surface area contributed by atoms with Crippen LogP contribution in [0.4, 0.5) is 39.5 Å². The summed E-state index contributed by atoms with van der Waals surface area (Å²) in [6.45, 7) is 1.30. The van der Waals surface area contributed by atoms with Crippen molar-refractivity contribution >= 4 is 5.97 Å². The highest BCUT2D eigenvalue weighted by atomic mass is 19.4. The zero-order chi connectivity index (χ0) is 23.5. The second kappa shape index (κ2) is 9.44. The van der Waals surface area contributed by atoms with Crippen LogP contribution in [0.25, 0.3) is 0 Å². The summed E-state index contributed by atoms with van der Waals surface area (Å²) < 4.78 is 119. The smallest absolute Gasteiger partial charge is 0.416 e. The Hall–Kier alpha value is -1.98. The third kappa shape index (κ3) is 6.78. The molecule has 3 N–H and O–H groups in total. The van der Waals surface area contributed by atoms with Gasteiger partial charge in [0.25, 0.3) is 0 Å². The number of carbonyl (C=O) groups is 1. The molecule has 1 rings (SSSR count). The van der Waals surface area contributed by atoms with Crippen molar-refractivity contribution in [2.24, 2.45) is 17.6 Å². The quantitative estimate of drug-likeness (QED) is 0.493. The summed E-state index contributed by atoms with van der Waals surface area (Å²) in [6, 6.07) is -0.656. The van der Waals surface area contributed by atoms with Gasteiger partial charge in [-0.1, -0.05) is 13.3 Å². The van der Waals surface area contributed by atoms with Crippen molar-refractivity contribution in [1.29, 1.82) is 0 Å². The number of carboxylic acids is 1. The molecule has 1 aromatic carbocycles. The number of aliphatic carboxylic acids is 1. The van der Waals surface area contributed by atoms with E-state index in [1.165, 1.54) is 0 Å². The lowest BCUT2D eigenvalue weighted by Gasteiger charge is -2.24. The zero-order valence-corrected chi connectivity index (χ0v) is 15.7. The molecule has 2 atom stereocenters. The summed E-state index contributed by atoms with van der Waals surface area (Å²) in [4.78, 5) is 11.1. The van der Waals surface area contributed by atoms with E-state index in [1.54, 1.807) is 6.92 Å². The molecule has 0 radical (unpaired) electrons. The van der Waals surface area contributed by atoms with Gasteiger partial charge in [-0.15, -0.1) is 0 Å². The molecule has 0 aromatic heterocycles. The number of alkyl halides is 9. The van der Waals surface area contributed by atoms with E-state index >= 15 is 0 Å². The van der Waals surface area contributed by atoms with Crippen LogP contribution in [0.2, 0.25) is 0 Å². The number of nitrogens with two attached hydrogens (primary N) is 1. The molecule has 30 heavy (non-hydrogen) atoms. The van der Waals surface area contributed by atoms with E-state index in [0.717, 1.165) is 0 Å². The number of rotatable bonds is 8. The van der Waals surface area contributed by atoms with Gasteiger partial charge in [0.1, 0.15) is 0 Å². The molecule has 0 amide bonds. The highest BCUT2D eigenvalue weighted by molar-refractivity contribution is 5.70. The van der Waals surface area contributed by atoms with Crippen LogP contribution in [0, 0.1) is 11.8 Å². The Morgan fingerprint density at radius 1 is 0.967 bits per heavy atom. The topological polar surface area (TPSA) is 63.3 Å². The van der Waals surface area contributed by atoms with Crippen LogP contribution >= 0.6 is 0 Å². The molecule has 0 saturated heterocycles. The minimum Gasteiger partial charge on any atom is -0.481 e. The minimum absolute atomic E-state index is 0.0777. The average molecular weight is 453 g/mol. The van der Waals surface area contributed by atoms with Gasteiger partial charge in [-0.2, -0.15) is 39.5 Å². The predicted molar refractivity (Wildman–Crippen MR) is 88.3 cm³/mol. The van der Waals surface area contributed by atoms with Crippen LogP contribution < -0.4 is 5.73 Å². The summed E-state index contributed by atoms with van der Waals surface area (Å²) >= 11 is 0. The first-order chi connectivity index (χ1) is 13.5. The van der Waals surface area contributed by atoms with Gasteiger partial charge in [0.2, 0.25) is 0 Å². The lowest BCUT2D eigenvalue weighted by molar-refractivity contribution is -0.149. The molecule has 0 aliphatic rings. The van der Waals surface area contributed by atoms with Crippen molar-refractivity contribution in [3.63, 3.8) is 0 Å². The van der Waals surface area contributed by atoms with Crippen molar-refractivity contribution in [3.05, 3.63) is 34.4 Å². The van der Waals surface area contributed by atoms with Crippen molar-refractivity contribution in [2.45, 2.75) is 51.1 Å². The Kier molecular flexibility index (Phi) is 8.20. The van der Waals surface area contributed by atoms with E-state index in [2.05, 4.69) is 0 Å². The molecule has 3 nitrogen and oxygen atoms in total. The number of carboxylic acid groups (broad SMARTS) is 1. The van der Waals surface area contributed by atoms with E-state index in [-0.39, 0.29) is 37.9 Å². The Balaban J connectivity index is 3.43. The molecule has 0 bridgehead atoms. The van der Waals surface area contributed by atoms with Gasteiger partial charge in [0, 0.05) is 6.54 Å². The fraction of sp³-hybridized carbons (Fsp3) is 0.611. The van der Waals surface area contributed by atoms with Crippen LogP contribution in [0.5, 0.6) is 0 Å². The third-order valence-corrected chi connectivity index (χ3v) is 4.82. The lowest BCUT2D eigenvalue weighted by Crippen LogP contribution is -2.26. The lowest BCUT2D eigenvalue weighted by atomic mass is 9.85. The molecule has 0 fully saturated rings. The number of hydrogen-bond donors (Lipinski definition) is 2. The number of hydrogen-bond acceptors (Lipinski definition) is 2. The molecule has 1 aromatic rings. The van der Waals surface area contributed by atoms with Gasteiger partial charge in [-0.05, 0) is 42.9 Å². The van der Waals surface area contributed by atoms with Crippen molar-refractivity contribution in [1.82, 2.24) is 0 Å². The standard InChI is InChI=1S/C18H20F9NO2/c1-2-9(5-10(8-28)15(29)30)3-4-12-13(17(22,23)24)6-11(16(19,20)21)7-14(12)18(25,26)27/h6-7,9-10H,2-5,8,28H2,1H3,(H,29,30). The molecular formula is C18H20F9NO2. The number of benzene rings is 1.